The summed E-state index contributed by atoms with van der Waals surface area (Å²) in [7, 11) is 0. The molecule has 0 saturated carbocycles. The molecule has 0 spiro atoms. The predicted molar refractivity (Wildman–Crippen MR) is 92.7 cm³/mol. The summed E-state index contributed by atoms with van der Waals surface area (Å²) in [6.45, 7) is 2.42. The normalized spacial score (nSPS) is 12.2. The minimum absolute atomic E-state index is 0.0211. The van der Waals surface area contributed by atoms with Gasteiger partial charge in [-0.1, -0.05) is 42.5 Å². The number of benzene rings is 2. The van der Waals surface area contributed by atoms with Gasteiger partial charge in [-0.15, -0.1) is 0 Å². The van der Waals surface area contributed by atoms with Gasteiger partial charge in [-0.25, -0.2) is 4.79 Å². The molecular formula is C19H20N2O3. The third-order valence-corrected chi connectivity index (χ3v) is 4.04. The minimum Gasteiger partial charge on any atom is -0.408 e. The van der Waals surface area contributed by atoms with Crippen molar-refractivity contribution in [1.82, 2.24) is 9.88 Å². The van der Waals surface area contributed by atoms with Crippen LogP contribution in [0.2, 0.25) is 0 Å². The molecule has 2 aromatic carbocycles. The molecule has 0 aliphatic carbocycles. The van der Waals surface area contributed by atoms with Crippen LogP contribution in [0.5, 0.6) is 0 Å². The van der Waals surface area contributed by atoms with Crippen molar-refractivity contribution >= 4 is 17.0 Å². The van der Waals surface area contributed by atoms with E-state index < -0.39 is 0 Å². The van der Waals surface area contributed by atoms with Crippen molar-refractivity contribution in [3.63, 3.8) is 0 Å². The van der Waals surface area contributed by atoms with Crippen molar-refractivity contribution < 1.29 is 9.21 Å². The fraction of sp³-hybridized carbons (Fsp3) is 0.263. The van der Waals surface area contributed by atoms with Gasteiger partial charge in [-0.2, -0.15) is 0 Å². The highest BCUT2D eigenvalue weighted by Crippen LogP contribution is 2.13. The highest BCUT2D eigenvalue weighted by Gasteiger charge is 2.11. The van der Waals surface area contributed by atoms with Crippen molar-refractivity contribution in [2.75, 3.05) is 0 Å². The Balaban J connectivity index is 1.55. The number of oxazole rings is 1. The smallest absolute Gasteiger partial charge is 0.408 e. The molecule has 1 N–H and O–H groups in total. The number of rotatable bonds is 6. The number of hydrogen-bond donors (Lipinski definition) is 1. The first kappa shape index (κ1) is 16.1. The molecule has 1 atom stereocenters. The molecule has 1 heterocycles. The summed E-state index contributed by atoms with van der Waals surface area (Å²) in [5, 5.41) is 2.98. The average Bonchev–Trinajstić information content (AvgIpc) is 2.91. The highest BCUT2D eigenvalue weighted by atomic mass is 16.4. The highest BCUT2D eigenvalue weighted by molar-refractivity contribution is 5.76. The zero-order chi connectivity index (χ0) is 16.9. The molecule has 1 amide bonds. The molecule has 0 aliphatic heterocycles. The van der Waals surface area contributed by atoms with Crippen molar-refractivity contribution in [2.45, 2.75) is 32.4 Å². The van der Waals surface area contributed by atoms with E-state index in [1.54, 1.807) is 10.6 Å². The molecule has 0 unspecified atom stereocenters. The van der Waals surface area contributed by atoms with Crippen LogP contribution in [0.15, 0.2) is 63.8 Å². The summed E-state index contributed by atoms with van der Waals surface area (Å²) in [6.07, 6.45) is 0.944. The fourth-order valence-corrected chi connectivity index (χ4v) is 2.76. The maximum Gasteiger partial charge on any atom is 0.419 e. The SMILES string of the molecule is C[C@H](NC(=O)CCCn1c(=O)oc2ccccc21)c1ccccc1. The van der Waals surface area contributed by atoms with Gasteiger partial charge < -0.3 is 9.73 Å². The summed E-state index contributed by atoms with van der Waals surface area (Å²) >= 11 is 0. The maximum absolute atomic E-state index is 12.1. The molecule has 3 rings (SSSR count). The number of fused-ring (bicyclic) bond motifs is 1. The Bertz CT molecular complexity index is 880. The Morgan fingerprint density at radius 2 is 1.83 bits per heavy atom. The number of aryl methyl sites for hydroxylation is 1. The van der Waals surface area contributed by atoms with E-state index in [0.29, 0.717) is 25.0 Å². The lowest BCUT2D eigenvalue weighted by Gasteiger charge is -2.14. The Hall–Kier alpha value is -2.82. The molecule has 0 aliphatic rings. The zero-order valence-corrected chi connectivity index (χ0v) is 13.6. The van der Waals surface area contributed by atoms with Crippen LogP contribution >= 0.6 is 0 Å². The fourth-order valence-electron chi connectivity index (χ4n) is 2.76. The van der Waals surface area contributed by atoms with Gasteiger partial charge in [-0.3, -0.25) is 9.36 Å². The van der Waals surface area contributed by atoms with E-state index >= 15 is 0 Å². The number of carbonyl (C=O) groups excluding carboxylic acids is 1. The molecule has 3 aromatic rings. The van der Waals surface area contributed by atoms with Crippen LogP contribution in [-0.4, -0.2) is 10.5 Å². The van der Waals surface area contributed by atoms with Gasteiger partial charge >= 0.3 is 5.76 Å². The molecule has 0 fully saturated rings. The Labute approximate surface area is 139 Å². The number of para-hydroxylation sites is 2. The number of nitrogens with zero attached hydrogens (tertiary/aromatic N) is 1. The van der Waals surface area contributed by atoms with E-state index in [-0.39, 0.29) is 17.7 Å². The lowest BCUT2D eigenvalue weighted by molar-refractivity contribution is -0.121. The summed E-state index contributed by atoms with van der Waals surface area (Å²) in [6, 6.07) is 17.1. The maximum atomic E-state index is 12.1. The minimum atomic E-state index is -0.380. The topological polar surface area (TPSA) is 64.2 Å². The van der Waals surface area contributed by atoms with Crippen LogP contribution in [0.3, 0.4) is 0 Å². The van der Waals surface area contributed by atoms with Crippen LogP contribution in [-0.2, 0) is 11.3 Å². The summed E-state index contributed by atoms with van der Waals surface area (Å²) < 4.78 is 6.76. The van der Waals surface area contributed by atoms with Crippen molar-refractivity contribution in [1.29, 1.82) is 0 Å². The average molecular weight is 324 g/mol. The van der Waals surface area contributed by atoms with Gasteiger partial charge in [0, 0.05) is 13.0 Å². The van der Waals surface area contributed by atoms with E-state index in [1.807, 2.05) is 55.5 Å². The van der Waals surface area contributed by atoms with Crippen molar-refractivity contribution in [2.24, 2.45) is 0 Å². The monoisotopic (exact) mass is 324 g/mol. The van der Waals surface area contributed by atoms with E-state index in [2.05, 4.69) is 5.32 Å². The summed E-state index contributed by atoms with van der Waals surface area (Å²) in [5.74, 6) is -0.401. The number of aromatic nitrogens is 1. The molecule has 5 nitrogen and oxygen atoms in total. The van der Waals surface area contributed by atoms with E-state index in [1.165, 1.54) is 0 Å². The van der Waals surface area contributed by atoms with Crippen molar-refractivity contribution in [3.8, 4) is 0 Å². The van der Waals surface area contributed by atoms with Crippen LogP contribution in [0, 0.1) is 0 Å². The first-order valence-electron chi connectivity index (χ1n) is 8.08. The van der Waals surface area contributed by atoms with Gasteiger partial charge in [0.05, 0.1) is 11.6 Å². The second-order valence-corrected chi connectivity index (χ2v) is 5.79. The quantitative estimate of drug-likeness (QED) is 0.757. The molecule has 5 heteroatoms. The number of nitrogens with one attached hydrogen (secondary N) is 1. The van der Waals surface area contributed by atoms with Crippen molar-refractivity contribution in [3.05, 3.63) is 70.7 Å². The predicted octanol–water partition coefficient (Wildman–Crippen LogP) is 3.25. The number of amides is 1. The lowest BCUT2D eigenvalue weighted by atomic mass is 10.1. The molecule has 0 bridgehead atoms. The van der Waals surface area contributed by atoms with Gasteiger partial charge in [0.1, 0.15) is 0 Å². The second kappa shape index (κ2) is 7.17. The van der Waals surface area contributed by atoms with Crippen LogP contribution in [0.1, 0.15) is 31.4 Å². The number of carbonyl (C=O) groups is 1. The third-order valence-electron chi connectivity index (χ3n) is 4.04. The Kier molecular flexibility index (Phi) is 4.79. The lowest BCUT2D eigenvalue weighted by Crippen LogP contribution is -2.27. The van der Waals surface area contributed by atoms with Crippen LogP contribution in [0.4, 0.5) is 0 Å². The molecule has 24 heavy (non-hydrogen) atoms. The Morgan fingerprint density at radius 1 is 1.12 bits per heavy atom. The molecule has 0 radical (unpaired) electrons. The Morgan fingerprint density at radius 3 is 2.62 bits per heavy atom. The molecule has 124 valence electrons. The molecule has 0 saturated heterocycles. The standard InChI is InChI=1S/C19H20N2O3/c1-14(15-8-3-2-4-9-15)20-18(22)12-7-13-21-16-10-5-6-11-17(16)24-19(21)23/h2-6,8-11,14H,7,12-13H2,1H3,(H,20,22)/t14-/m0/s1. The first-order valence-corrected chi connectivity index (χ1v) is 8.08. The van der Waals surface area contributed by atoms with E-state index in [0.717, 1.165) is 11.1 Å². The largest absolute Gasteiger partial charge is 0.419 e. The van der Waals surface area contributed by atoms with Gasteiger partial charge in [0.15, 0.2) is 5.58 Å². The summed E-state index contributed by atoms with van der Waals surface area (Å²) in [5.41, 5.74) is 2.41. The third kappa shape index (κ3) is 3.56. The first-order chi connectivity index (χ1) is 11.6. The van der Waals surface area contributed by atoms with Gasteiger partial charge in [-0.05, 0) is 31.0 Å². The molecular weight excluding hydrogens is 304 g/mol. The summed E-state index contributed by atoms with van der Waals surface area (Å²) in [4.78, 5) is 24.0. The second-order valence-electron chi connectivity index (χ2n) is 5.79. The number of hydrogen-bond acceptors (Lipinski definition) is 3. The van der Waals surface area contributed by atoms with Crippen LogP contribution in [0.25, 0.3) is 11.1 Å². The van der Waals surface area contributed by atoms with Gasteiger partial charge in [0.2, 0.25) is 5.91 Å². The van der Waals surface area contributed by atoms with Gasteiger partial charge in [0.25, 0.3) is 0 Å². The molecule has 1 aromatic heterocycles. The van der Waals surface area contributed by atoms with E-state index in [4.69, 9.17) is 4.42 Å². The van der Waals surface area contributed by atoms with E-state index in [9.17, 15) is 9.59 Å². The zero-order valence-electron chi connectivity index (χ0n) is 13.6. The van der Waals surface area contributed by atoms with Crippen LogP contribution < -0.4 is 11.1 Å².